The van der Waals surface area contributed by atoms with Crippen molar-refractivity contribution in [2.75, 3.05) is 10.6 Å². The fourth-order valence-corrected chi connectivity index (χ4v) is 6.72. The van der Waals surface area contributed by atoms with Gasteiger partial charge >= 0.3 is 0 Å². The lowest BCUT2D eigenvalue weighted by molar-refractivity contribution is 0.841. The maximum Gasteiger partial charge on any atom is 0.277 e. The molecule has 2 N–H and O–H groups in total. The van der Waals surface area contributed by atoms with Gasteiger partial charge in [0.1, 0.15) is 41.1 Å². The molecule has 0 bridgehead atoms. The molecule has 6 aromatic heterocycles. The van der Waals surface area contributed by atoms with E-state index in [2.05, 4.69) is 30.6 Å². The smallest absolute Gasteiger partial charge is 0.277 e. The second-order valence-corrected chi connectivity index (χ2v) is 12.2. The summed E-state index contributed by atoms with van der Waals surface area (Å²) in [6.45, 7) is 7.92. The first-order valence-electron chi connectivity index (χ1n) is 13.3. The van der Waals surface area contributed by atoms with Crippen LogP contribution in [0.3, 0.4) is 0 Å². The van der Waals surface area contributed by atoms with E-state index < -0.39 is 0 Å². The molecule has 0 atom stereocenters. The quantitative estimate of drug-likeness (QED) is 0.276. The van der Waals surface area contributed by atoms with Crippen LogP contribution in [0.1, 0.15) is 27.7 Å². The van der Waals surface area contributed by atoms with Crippen LogP contribution in [0.25, 0.3) is 52.5 Å². The molecule has 0 saturated heterocycles. The van der Waals surface area contributed by atoms with Gasteiger partial charge in [-0.05, 0) is 52.0 Å². The van der Waals surface area contributed by atoms with Crippen LogP contribution in [0.2, 0.25) is 0 Å². The Bertz CT molecular complexity index is 2110. The molecule has 1 aromatic carbocycles. The molecule has 0 aliphatic rings. The monoisotopic (exact) mass is 596 g/mol. The molecule has 0 spiro atoms. The van der Waals surface area contributed by atoms with Crippen LogP contribution >= 0.6 is 22.7 Å². The molecule has 0 aliphatic carbocycles. The van der Waals surface area contributed by atoms with Gasteiger partial charge in [-0.3, -0.25) is 9.59 Å². The van der Waals surface area contributed by atoms with Gasteiger partial charge in [0.2, 0.25) is 11.9 Å². The first kappa shape index (κ1) is 26.1. The Hall–Kier alpha value is -4.82. The van der Waals surface area contributed by atoms with Crippen molar-refractivity contribution in [1.29, 1.82) is 0 Å². The topological polar surface area (TPSA) is 145 Å². The number of nitrogens with zero attached hydrogens (tertiary/aromatic N) is 8. The molecule has 7 rings (SSSR count). The Morgan fingerprint density at radius 1 is 0.595 bits per heavy atom. The minimum atomic E-state index is -0.228. The van der Waals surface area contributed by atoms with Crippen LogP contribution in [-0.4, -0.2) is 51.1 Å². The number of benzene rings is 1. The average molecular weight is 597 g/mol. The van der Waals surface area contributed by atoms with E-state index >= 15 is 0 Å². The molecule has 0 amide bonds. The molecular formula is C28H24N10O2S2. The summed E-state index contributed by atoms with van der Waals surface area (Å²) >= 11 is 2.54. The molecule has 0 fully saturated rings. The lowest BCUT2D eigenvalue weighted by Crippen LogP contribution is -2.26. The van der Waals surface area contributed by atoms with Crippen molar-refractivity contribution in [3.8, 4) is 11.4 Å². The Balaban J connectivity index is 1.41. The van der Waals surface area contributed by atoms with Crippen molar-refractivity contribution < 1.29 is 0 Å². The standard InChI is InChI=1S/C28H24N10O2S2/c1-13(2)33-27-35-17-19-23(31-11-9-29-19)41-21(17)25(39)37(27)15-5-7-16(8-6-15)38-26(40)22-18(36-28(38)34-14(3)4)20-24(42-22)32-12-10-30-20/h5-14H,1-4H3,(H,33,35)(H,34,36). The fourth-order valence-electron chi connectivity index (χ4n) is 4.77. The Morgan fingerprint density at radius 2 is 0.976 bits per heavy atom. The van der Waals surface area contributed by atoms with Gasteiger partial charge in [-0.15, -0.1) is 22.7 Å². The van der Waals surface area contributed by atoms with Gasteiger partial charge in [-0.2, -0.15) is 0 Å². The molecule has 0 saturated carbocycles. The molecule has 12 nitrogen and oxygen atoms in total. The van der Waals surface area contributed by atoms with Gasteiger partial charge in [0, 0.05) is 36.9 Å². The Labute approximate surface area is 245 Å². The van der Waals surface area contributed by atoms with Gasteiger partial charge in [-0.1, -0.05) is 0 Å². The van der Waals surface area contributed by atoms with E-state index in [-0.39, 0.29) is 23.2 Å². The average Bonchev–Trinajstić information content (AvgIpc) is 3.52. The molecule has 0 aliphatic heterocycles. The van der Waals surface area contributed by atoms with Crippen LogP contribution < -0.4 is 21.8 Å². The lowest BCUT2D eigenvalue weighted by Gasteiger charge is -2.18. The predicted molar refractivity (Wildman–Crippen MR) is 168 cm³/mol. The van der Waals surface area contributed by atoms with E-state index in [9.17, 15) is 9.59 Å². The SMILES string of the molecule is CC(C)Nc1nc2c(sc3nccnc32)c(=O)n1-c1ccc(-n2c(NC(C)C)nc3c(sc4nccnc43)c2=O)cc1. The summed E-state index contributed by atoms with van der Waals surface area (Å²) in [6, 6.07) is 7.21. The number of aromatic nitrogens is 8. The second kappa shape index (κ2) is 9.92. The molecule has 0 unspecified atom stereocenters. The molecule has 210 valence electrons. The van der Waals surface area contributed by atoms with E-state index in [1.807, 2.05) is 27.7 Å². The summed E-state index contributed by atoms with van der Waals surface area (Å²) < 4.78 is 4.02. The highest BCUT2D eigenvalue weighted by molar-refractivity contribution is 7.25. The van der Waals surface area contributed by atoms with E-state index in [1.165, 1.54) is 22.7 Å². The number of hydrogen-bond acceptors (Lipinski definition) is 12. The van der Waals surface area contributed by atoms with Crippen LogP contribution in [0.4, 0.5) is 11.9 Å². The molecule has 14 heteroatoms. The number of rotatable bonds is 6. The molecule has 7 aromatic rings. The summed E-state index contributed by atoms with van der Waals surface area (Å²) in [4.78, 5) is 56.2. The van der Waals surface area contributed by atoms with Crippen molar-refractivity contribution in [2.45, 2.75) is 39.8 Å². The van der Waals surface area contributed by atoms with Gasteiger partial charge in [0.05, 0.1) is 11.4 Å². The molecule has 0 radical (unpaired) electrons. The minimum Gasteiger partial charge on any atom is -0.353 e. The van der Waals surface area contributed by atoms with E-state index in [0.29, 0.717) is 64.4 Å². The second-order valence-electron chi connectivity index (χ2n) is 10.2. The van der Waals surface area contributed by atoms with Gasteiger partial charge < -0.3 is 10.6 Å². The van der Waals surface area contributed by atoms with Crippen molar-refractivity contribution in [3.63, 3.8) is 0 Å². The maximum atomic E-state index is 13.9. The van der Waals surface area contributed by atoms with Crippen LogP contribution in [0.5, 0.6) is 0 Å². The van der Waals surface area contributed by atoms with Gasteiger partial charge in [0.25, 0.3) is 11.1 Å². The largest absolute Gasteiger partial charge is 0.353 e. The maximum absolute atomic E-state index is 13.9. The third-order valence-corrected chi connectivity index (χ3v) is 8.59. The summed E-state index contributed by atoms with van der Waals surface area (Å²) in [6.07, 6.45) is 6.39. The predicted octanol–water partition coefficient (Wildman–Crippen LogP) is 4.73. The number of anilines is 2. The number of thiophene rings is 2. The highest BCUT2D eigenvalue weighted by atomic mass is 32.1. The van der Waals surface area contributed by atoms with Crippen LogP contribution in [-0.2, 0) is 0 Å². The molecular weight excluding hydrogens is 573 g/mol. The third-order valence-electron chi connectivity index (χ3n) is 6.46. The number of fused-ring (bicyclic) bond motifs is 6. The fraction of sp³-hybridized carbons (Fsp3) is 0.214. The van der Waals surface area contributed by atoms with Crippen molar-refractivity contribution in [1.82, 2.24) is 39.0 Å². The summed E-state index contributed by atoms with van der Waals surface area (Å²) in [7, 11) is 0. The third kappa shape index (κ3) is 4.18. The molecule has 6 heterocycles. The number of hydrogen-bond donors (Lipinski definition) is 2. The number of nitrogens with one attached hydrogen (secondary N) is 2. The summed E-state index contributed by atoms with van der Waals surface area (Å²) in [5, 5.41) is 6.60. The first-order chi connectivity index (χ1) is 20.3. The zero-order valence-corrected chi connectivity index (χ0v) is 24.6. The van der Waals surface area contributed by atoms with Crippen molar-refractivity contribution in [3.05, 3.63) is 69.8 Å². The highest BCUT2D eigenvalue weighted by Crippen LogP contribution is 2.31. The van der Waals surface area contributed by atoms with Gasteiger partial charge in [0.15, 0.2) is 0 Å². The van der Waals surface area contributed by atoms with E-state index in [1.54, 1.807) is 58.2 Å². The zero-order chi connectivity index (χ0) is 29.1. The zero-order valence-electron chi connectivity index (χ0n) is 23.0. The van der Waals surface area contributed by atoms with Crippen LogP contribution in [0, 0.1) is 0 Å². The summed E-state index contributed by atoms with van der Waals surface area (Å²) in [5.74, 6) is 0.793. The highest BCUT2D eigenvalue weighted by Gasteiger charge is 2.21. The van der Waals surface area contributed by atoms with Gasteiger partial charge in [-0.25, -0.2) is 39.0 Å². The van der Waals surface area contributed by atoms with Crippen molar-refractivity contribution in [2.24, 2.45) is 0 Å². The van der Waals surface area contributed by atoms with Crippen molar-refractivity contribution >= 4 is 75.7 Å². The normalized spacial score (nSPS) is 12.0. The Kier molecular flexibility index (Phi) is 6.17. The van der Waals surface area contributed by atoms with E-state index in [4.69, 9.17) is 9.97 Å². The first-order valence-corrected chi connectivity index (χ1v) is 14.9. The minimum absolute atomic E-state index is 0.0159. The van der Waals surface area contributed by atoms with Crippen LogP contribution in [0.15, 0.2) is 58.6 Å². The van der Waals surface area contributed by atoms with E-state index in [0.717, 1.165) is 0 Å². The lowest BCUT2D eigenvalue weighted by atomic mass is 10.2. The Morgan fingerprint density at radius 3 is 1.36 bits per heavy atom. The summed E-state index contributed by atoms with van der Waals surface area (Å²) in [5.41, 5.74) is 2.97. The molecule has 42 heavy (non-hydrogen) atoms.